The molecule has 0 spiro atoms. The summed E-state index contributed by atoms with van der Waals surface area (Å²) in [6.45, 7) is 6.24. The number of rotatable bonds is 8. The lowest BCUT2D eigenvalue weighted by atomic mass is 10.1. The highest BCUT2D eigenvalue weighted by atomic mass is 79.9. The van der Waals surface area contributed by atoms with E-state index in [2.05, 4.69) is 32.1 Å². The van der Waals surface area contributed by atoms with Crippen molar-refractivity contribution < 1.29 is 23.8 Å². The van der Waals surface area contributed by atoms with E-state index in [1.807, 2.05) is 26.0 Å². The van der Waals surface area contributed by atoms with Crippen LogP contribution in [-0.4, -0.2) is 43.4 Å². The lowest BCUT2D eigenvalue weighted by Crippen LogP contribution is -2.51. The minimum atomic E-state index is -0.783. The Hall–Kier alpha value is -2.69. The Morgan fingerprint density at radius 2 is 1.81 bits per heavy atom. The molecule has 1 atom stereocenters. The standard InChI is InChI=1S/C22H26BrN3O5S/c1-13-5-7-17(11-14(13)2)31-15(3)20(27)25-26-22(32)24-21(28)18-12-16(23)6-8-19(18)30-10-9-29-4/h5-8,11-12,15H,9-10H2,1-4H3,(H,25,27)(H2,24,26,28,32). The number of hydrogen-bond donors (Lipinski definition) is 3. The van der Waals surface area contributed by atoms with Crippen LogP contribution in [0.25, 0.3) is 0 Å². The molecule has 0 fully saturated rings. The SMILES string of the molecule is COCCOc1ccc(Br)cc1C(=O)NC(=S)NNC(=O)C(C)Oc1ccc(C)c(C)c1. The number of benzene rings is 2. The molecule has 32 heavy (non-hydrogen) atoms. The van der Waals surface area contributed by atoms with Gasteiger partial charge in [-0.1, -0.05) is 22.0 Å². The molecular weight excluding hydrogens is 498 g/mol. The van der Waals surface area contributed by atoms with E-state index in [0.29, 0.717) is 22.6 Å². The molecule has 172 valence electrons. The van der Waals surface area contributed by atoms with Gasteiger partial charge in [-0.2, -0.15) is 0 Å². The Morgan fingerprint density at radius 1 is 1.06 bits per heavy atom. The zero-order valence-electron chi connectivity index (χ0n) is 18.3. The van der Waals surface area contributed by atoms with Crippen molar-refractivity contribution in [2.75, 3.05) is 20.3 Å². The zero-order chi connectivity index (χ0) is 23.7. The summed E-state index contributed by atoms with van der Waals surface area (Å²) < 4.78 is 16.9. The number of aryl methyl sites for hydroxylation is 2. The van der Waals surface area contributed by atoms with E-state index in [1.165, 1.54) is 0 Å². The first-order valence-electron chi connectivity index (χ1n) is 9.77. The minimum Gasteiger partial charge on any atom is -0.490 e. The smallest absolute Gasteiger partial charge is 0.279 e. The van der Waals surface area contributed by atoms with Crippen LogP contribution in [0.5, 0.6) is 11.5 Å². The summed E-state index contributed by atoms with van der Waals surface area (Å²) in [6.07, 6.45) is -0.783. The third kappa shape index (κ3) is 7.77. The van der Waals surface area contributed by atoms with Crippen LogP contribution < -0.4 is 25.6 Å². The molecule has 2 aromatic rings. The molecule has 0 bridgehead atoms. The Morgan fingerprint density at radius 3 is 2.50 bits per heavy atom. The van der Waals surface area contributed by atoms with Crippen molar-refractivity contribution in [2.45, 2.75) is 26.9 Å². The second kappa shape index (κ2) is 12.4. The average Bonchev–Trinajstić information content (AvgIpc) is 2.75. The van der Waals surface area contributed by atoms with Gasteiger partial charge in [0, 0.05) is 11.6 Å². The third-order valence-electron chi connectivity index (χ3n) is 4.42. The van der Waals surface area contributed by atoms with Crippen LogP contribution in [0.15, 0.2) is 40.9 Å². The number of methoxy groups -OCH3 is 1. The molecule has 10 heteroatoms. The van der Waals surface area contributed by atoms with E-state index in [9.17, 15) is 9.59 Å². The van der Waals surface area contributed by atoms with Crippen LogP contribution >= 0.6 is 28.1 Å². The summed E-state index contributed by atoms with van der Waals surface area (Å²) in [7, 11) is 1.56. The maximum Gasteiger partial charge on any atom is 0.279 e. The number of halogens is 1. The lowest BCUT2D eigenvalue weighted by Gasteiger charge is -2.17. The van der Waals surface area contributed by atoms with Gasteiger partial charge >= 0.3 is 0 Å². The van der Waals surface area contributed by atoms with Gasteiger partial charge < -0.3 is 14.2 Å². The molecule has 0 heterocycles. The molecule has 2 rings (SSSR count). The van der Waals surface area contributed by atoms with Gasteiger partial charge in [0.25, 0.3) is 11.8 Å². The van der Waals surface area contributed by atoms with Crippen LogP contribution in [0.2, 0.25) is 0 Å². The first kappa shape index (κ1) is 25.6. The van der Waals surface area contributed by atoms with E-state index in [-0.39, 0.29) is 17.3 Å². The number of hydrazine groups is 1. The molecule has 0 saturated carbocycles. The van der Waals surface area contributed by atoms with Gasteiger partial charge in [0.15, 0.2) is 11.2 Å². The van der Waals surface area contributed by atoms with Crippen molar-refractivity contribution in [3.05, 3.63) is 57.6 Å². The van der Waals surface area contributed by atoms with Crippen molar-refractivity contribution >= 4 is 45.1 Å². The Balaban J connectivity index is 1.89. The number of amides is 2. The highest BCUT2D eigenvalue weighted by Crippen LogP contribution is 2.23. The van der Waals surface area contributed by atoms with E-state index in [1.54, 1.807) is 38.3 Å². The van der Waals surface area contributed by atoms with Gasteiger partial charge in [0.05, 0.1) is 12.2 Å². The molecule has 0 saturated heterocycles. The highest BCUT2D eigenvalue weighted by Gasteiger charge is 2.17. The van der Waals surface area contributed by atoms with Crippen LogP contribution in [0, 0.1) is 13.8 Å². The molecule has 0 aliphatic rings. The first-order valence-corrected chi connectivity index (χ1v) is 11.0. The Bertz CT molecular complexity index is 986. The van der Waals surface area contributed by atoms with Gasteiger partial charge in [-0.25, -0.2) is 0 Å². The maximum atomic E-state index is 12.6. The van der Waals surface area contributed by atoms with Crippen molar-refractivity contribution in [2.24, 2.45) is 0 Å². The number of ether oxygens (including phenoxy) is 3. The Kier molecular flexibility index (Phi) is 9.89. The number of carbonyl (C=O) groups is 2. The molecule has 0 radical (unpaired) electrons. The topological polar surface area (TPSA) is 97.9 Å². The van der Waals surface area contributed by atoms with Crippen molar-refractivity contribution in [3.63, 3.8) is 0 Å². The fourth-order valence-corrected chi connectivity index (χ4v) is 3.01. The molecule has 3 N–H and O–H groups in total. The molecule has 8 nitrogen and oxygen atoms in total. The Labute approximate surface area is 201 Å². The number of hydrogen-bond acceptors (Lipinski definition) is 6. The highest BCUT2D eigenvalue weighted by molar-refractivity contribution is 9.10. The van der Waals surface area contributed by atoms with E-state index in [0.717, 1.165) is 11.1 Å². The monoisotopic (exact) mass is 523 g/mol. The zero-order valence-corrected chi connectivity index (χ0v) is 20.7. The molecule has 0 aliphatic heterocycles. The normalized spacial score (nSPS) is 11.3. The molecular formula is C22H26BrN3O5S. The molecule has 2 amide bonds. The summed E-state index contributed by atoms with van der Waals surface area (Å²) in [5.41, 5.74) is 7.40. The quantitative estimate of drug-likeness (QED) is 0.277. The summed E-state index contributed by atoms with van der Waals surface area (Å²) in [5.74, 6) is 0.0167. The van der Waals surface area contributed by atoms with Gasteiger partial charge in [-0.3, -0.25) is 25.8 Å². The summed E-state index contributed by atoms with van der Waals surface area (Å²) in [6, 6.07) is 10.6. The van der Waals surface area contributed by atoms with E-state index >= 15 is 0 Å². The summed E-state index contributed by atoms with van der Waals surface area (Å²) in [5, 5.41) is 2.43. The second-order valence-electron chi connectivity index (χ2n) is 6.89. The number of carbonyl (C=O) groups excluding carboxylic acids is 2. The molecule has 2 aromatic carbocycles. The lowest BCUT2D eigenvalue weighted by molar-refractivity contribution is -0.127. The first-order chi connectivity index (χ1) is 15.2. The van der Waals surface area contributed by atoms with Crippen LogP contribution in [0.1, 0.15) is 28.4 Å². The van der Waals surface area contributed by atoms with Crippen molar-refractivity contribution in [3.8, 4) is 11.5 Å². The van der Waals surface area contributed by atoms with Crippen molar-refractivity contribution in [1.29, 1.82) is 0 Å². The van der Waals surface area contributed by atoms with Crippen LogP contribution in [0.3, 0.4) is 0 Å². The number of nitrogens with one attached hydrogen (secondary N) is 3. The van der Waals surface area contributed by atoms with Crippen molar-refractivity contribution in [1.82, 2.24) is 16.2 Å². The van der Waals surface area contributed by atoms with Crippen LogP contribution in [0.4, 0.5) is 0 Å². The van der Waals surface area contributed by atoms with Crippen LogP contribution in [-0.2, 0) is 9.53 Å². The fourth-order valence-electron chi connectivity index (χ4n) is 2.51. The van der Waals surface area contributed by atoms with Gasteiger partial charge in [-0.15, -0.1) is 0 Å². The van der Waals surface area contributed by atoms with Gasteiger partial charge in [-0.05, 0) is 74.4 Å². The minimum absolute atomic E-state index is 0.0791. The van der Waals surface area contributed by atoms with Gasteiger partial charge in [0.1, 0.15) is 18.1 Å². The second-order valence-corrected chi connectivity index (χ2v) is 8.21. The van der Waals surface area contributed by atoms with E-state index in [4.69, 9.17) is 26.4 Å². The average molecular weight is 524 g/mol. The third-order valence-corrected chi connectivity index (χ3v) is 5.12. The number of thiocarbonyl (C=S) groups is 1. The maximum absolute atomic E-state index is 12.6. The van der Waals surface area contributed by atoms with E-state index < -0.39 is 17.9 Å². The predicted molar refractivity (Wildman–Crippen MR) is 129 cm³/mol. The van der Waals surface area contributed by atoms with Gasteiger partial charge in [0.2, 0.25) is 0 Å². The summed E-state index contributed by atoms with van der Waals surface area (Å²) in [4.78, 5) is 24.9. The molecule has 0 aromatic heterocycles. The molecule has 0 aliphatic carbocycles. The molecule has 1 unspecified atom stereocenters. The largest absolute Gasteiger partial charge is 0.490 e. The fraction of sp³-hybridized carbons (Fsp3) is 0.318. The summed E-state index contributed by atoms with van der Waals surface area (Å²) >= 11 is 8.44. The predicted octanol–water partition coefficient (Wildman–Crippen LogP) is 3.19.